The van der Waals surface area contributed by atoms with E-state index in [-0.39, 0.29) is 15.7 Å². The van der Waals surface area contributed by atoms with Crippen molar-refractivity contribution in [3.05, 3.63) is 55.8 Å². The van der Waals surface area contributed by atoms with Crippen LogP contribution in [-0.4, -0.2) is 28.5 Å². The zero-order valence-corrected chi connectivity index (χ0v) is 14.2. The van der Waals surface area contributed by atoms with E-state index in [0.29, 0.717) is 16.3 Å². The van der Waals surface area contributed by atoms with Crippen molar-refractivity contribution in [2.45, 2.75) is 11.8 Å². The van der Waals surface area contributed by atoms with Gasteiger partial charge in [0.05, 0.1) is 9.92 Å². The van der Waals surface area contributed by atoms with Gasteiger partial charge in [-0.2, -0.15) is 4.98 Å². The smallest absolute Gasteiger partial charge is 0.352 e. The molecule has 0 saturated heterocycles. The Kier molecular flexibility index (Phi) is 4.01. The lowest BCUT2D eigenvalue weighted by Gasteiger charge is -2.10. The third-order valence-corrected chi connectivity index (χ3v) is 5.16. The van der Waals surface area contributed by atoms with Crippen LogP contribution in [0.15, 0.2) is 38.8 Å². The standard InChI is InChI=1S/C14H11ClN4O5S/c1-6-8-3-2-7(4-9(8)10(15)5-11(6)20)25(23,24)19-12-16-13(21)18-14(22)17-12/h2-5,20H,1H3,(H3,16,17,18,19,21,22). The quantitative estimate of drug-likeness (QED) is 0.533. The number of aromatic hydroxyl groups is 1. The lowest BCUT2D eigenvalue weighted by molar-refractivity contribution is 0.472. The van der Waals surface area contributed by atoms with Crippen LogP contribution >= 0.6 is 11.6 Å². The van der Waals surface area contributed by atoms with Crippen molar-refractivity contribution in [3.8, 4) is 5.75 Å². The zero-order chi connectivity index (χ0) is 18.4. The van der Waals surface area contributed by atoms with Crippen molar-refractivity contribution < 1.29 is 13.5 Å². The zero-order valence-electron chi connectivity index (χ0n) is 12.6. The highest BCUT2D eigenvalue weighted by atomic mass is 35.5. The molecule has 0 bridgehead atoms. The maximum atomic E-state index is 12.5. The summed E-state index contributed by atoms with van der Waals surface area (Å²) in [6, 6.07) is 5.44. The molecule has 0 fully saturated rings. The Bertz CT molecular complexity index is 1190. The van der Waals surface area contributed by atoms with Crippen molar-refractivity contribution in [2.24, 2.45) is 0 Å². The van der Waals surface area contributed by atoms with E-state index in [1.165, 1.54) is 24.3 Å². The van der Waals surface area contributed by atoms with Gasteiger partial charge in [-0.1, -0.05) is 17.7 Å². The van der Waals surface area contributed by atoms with Gasteiger partial charge >= 0.3 is 11.4 Å². The molecule has 25 heavy (non-hydrogen) atoms. The van der Waals surface area contributed by atoms with Crippen LogP contribution in [0.25, 0.3) is 10.8 Å². The fourth-order valence-corrected chi connectivity index (χ4v) is 3.54. The van der Waals surface area contributed by atoms with Gasteiger partial charge in [-0.25, -0.2) is 22.7 Å². The molecule has 1 aromatic heterocycles. The van der Waals surface area contributed by atoms with Crippen molar-refractivity contribution in [1.29, 1.82) is 0 Å². The molecular weight excluding hydrogens is 372 g/mol. The summed E-state index contributed by atoms with van der Waals surface area (Å²) in [6.07, 6.45) is 0. The van der Waals surface area contributed by atoms with Crippen LogP contribution in [-0.2, 0) is 10.0 Å². The Morgan fingerprint density at radius 1 is 1.16 bits per heavy atom. The molecule has 0 spiro atoms. The predicted molar refractivity (Wildman–Crippen MR) is 91.6 cm³/mol. The average Bonchev–Trinajstić information content (AvgIpc) is 2.50. The van der Waals surface area contributed by atoms with E-state index in [0.717, 1.165) is 0 Å². The predicted octanol–water partition coefficient (Wildman–Crippen LogP) is 1.08. The lowest BCUT2D eigenvalue weighted by Crippen LogP contribution is -2.28. The summed E-state index contributed by atoms with van der Waals surface area (Å²) < 4.78 is 26.9. The first-order valence-electron chi connectivity index (χ1n) is 6.83. The van der Waals surface area contributed by atoms with Crippen LogP contribution in [0.4, 0.5) is 5.95 Å². The summed E-state index contributed by atoms with van der Waals surface area (Å²) >= 11 is 6.08. The summed E-state index contributed by atoms with van der Waals surface area (Å²) in [4.78, 5) is 29.4. The number of anilines is 1. The van der Waals surface area contributed by atoms with Gasteiger partial charge in [0.1, 0.15) is 5.75 Å². The molecule has 130 valence electrons. The van der Waals surface area contributed by atoms with Gasteiger partial charge in [0.2, 0.25) is 5.95 Å². The Hall–Kier alpha value is -2.85. The van der Waals surface area contributed by atoms with Crippen LogP contribution in [0.3, 0.4) is 0 Å². The number of phenols is 1. The van der Waals surface area contributed by atoms with E-state index in [2.05, 4.69) is 9.97 Å². The topological polar surface area (TPSA) is 145 Å². The molecule has 11 heteroatoms. The molecule has 0 saturated carbocycles. The van der Waals surface area contributed by atoms with E-state index >= 15 is 0 Å². The summed E-state index contributed by atoms with van der Waals surface area (Å²) in [7, 11) is -4.13. The van der Waals surface area contributed by atoms with E-state index in [4.69, 9.17) is 11.6 Å². The molecule has 9 nitrogen and oxygen atoms in total. The molecule has 0 amide bonds. The molecule has 0 atom stereocenters. The molecule has 4 N–H and O–H groups in total. The molecule has 0 aliphatic rings. The fourth-order valence-electron chi connectivity index (χ4n) is 2.29. The first-order chi connectivity index (χ1) is 11.7. The number of nitrogens with zero attached hydrogens (tertiary/aromatic N) is 1. The number of benzene rings is 2. The molecule has 2 aromatic carbocycles. The SMILES string of the molecule is Cc1c(O)cc(Cl)c2cc(S(=O)(=O)Nc3nc(=O)[nH]c(=O)[nH]3)ccc12. The summed E-state index contributed by atoms with van der Waals surface area (Å²) in [5.74, 6) is -0.515. The molecule has 0 unspecified atom stereocenters. The van der Waals surface area contributed by atoms with Crippen LogP contribution < -0.4 is 16.1 Å². The largest absolute Gasteiger partial charge is 0.508 e. The second-order valence-electron chi connectivity index (χ2n) is 5.16. The number of aryl methyl sites for hydroxylation is 1. The first kappa shape index (κ1) is 17.0. The number of hydrogen-bond acceptors (Lipinski definition) is 6. The van der Waals surface area contributed by atoms with Crippen molar-refractivity contribution in [2.75, 3.05) is 4.72 Å². The van der Waals surface area contributed by atoms with Gasteiger partial charge in [-0.15, -0.1) is 0 Å². The number of sulfonamides is 1. The highest BCUT2D eigenvalue weighted by Crippen LogP contribution is 2.34. The van der Waals surface area contributed by atoms with Gasteiger partial charge < -0.3 is 5.11 Å². The number of halogens is 1. The Balaban J connectivity index is 2.11. The lowest BCUT2D eigenvalue weighted by atomic mass is 10.0. The monoisotopic (exact) mass is 382 g/mol. The fraction of sp³-hybridized carbons (Fsp3) is 0.0714. The average molecular weight is 383 g/mol. The number of phenolic OH excluding ortho intramolecular Hbond substituents is 1. The Morgan fingerprint density at radius 2 is 1.88 bits per heavy atom. The Morgan fingerprint density at radius 3 is 2.56 bits per heavy atom. The van der Waals surface area contributed by atoms with E-state index in [1.807, 2.05) is 9.71 Å². The third-order valence-electron chi connectivity index (χ3n) is 3.51. The van der Waals surface area contributed by atoms with E-state index in [9.17, 15) is 23.1 Å². The normalized spacial score (nSPS) is 11.6. The highest BCUT2D eigenvalue weighted by molar-refractivity contribution is 7.92. The van der Waals surface area contributed by atoms with Gasteiger partial charge in [0.25, 0.3) is 10.0 Å². The molecule has 0 radical (unpaired) electrons. The minimum absolute atomic E-state index is 0.00322. The number of aromatic nitrogens is 3. The molecule has 3 rings (SSSR count). The maximum Gasteiger partial charge on any atom is 0.352 e. The number of hydrogen-bond donors (Lipinski definition) is 4. The van der Waals surface area contributed by atoms with Crippen LogP contribution in [0.2, 0.25) is 5.02 Å². The van der Waals surface area contributed by atoms with Gasteiger partial charge in [-0.3, -0.25) is 9.97 Å². The second-order valence-corrected chi connectivity index (χ2v) is 7.25. The summed E-state index contributed by atoms with van der Waals surface area (Å²) in [5, 5.41) is 11.0. The summed E-state index contributed by atoms with van der Waals surface area (Å²) in [5.41, 5.74) is -1.34. The van der Waals surface area contributed by atoms with Gasteiger partial charge in [0.15, 0.2) is 0 Å². The number of fused-ring (bicyclic) bond motifs is 1. The summed E-state index contributed by atoms with van der Waals surface area (Å²) in [6.45, 7) is 1.67. The molecule has 1 heterocycles. The molecule has 3 aromatic rings. The van der Waals surface area contributed by atoms with Crippen LogP contribution in [0, 0.1) is 6.92 Å². The van der Waals surface area contributed by atoms with Crippen LogP contribution in [0.5, 0.6) is 5.75 Å². The number of aromatic amines is 2. The minimum Gasteiger partial charge on any atom is -0.508 e. The number of rotatable bonds is 3. The van der Waals surface area contributed by atoms with Crippen molar-refractivity contribution in [1.82, 2.24) is 15.0 Å². The van der Waals surface area contributed by atoms with Crippen LogP contribution in [0.1, 0.15) is 5.56 Å². The molecular formula is C14H11ClN4O5S. The van der Waals surface area contributed by atoms with Gasteiger partial charge in [-0.05, 0) is 36.1 Å². The maximum absolute atomic E-state index is 12.5. The minimum atomic E-state index is -4.13. The van der Waals surface area contributed by atoms with Crippen molar-refractivity contribution in [3.63, 3.8) is 0 Å². The van der Waals surface area contributed by atoms with E-state index in [1.54, 1.807) is 6.92 Å². The van der Waals surface area contributed by atoms with Gasteiger partial charge in [0, 0.05) is 5.39 Å². The highest BCUT2D eigenvalue weighted by Gasteiger charge is 2.18. The number of nitrogens with one attached hydrogen (secondary N) is 3. The number of H-pyrrole nitrogens is 2. The Labute approximate surface area is 145 Å². The second kappa shape index (κ2) is 5.90. The van der Waals surface area contributed by atoms with Crippen molar-refractivity contribution >= 4 is 38.3 Å². The third kappa shape index (κ3) is 3.21. The first-order valence-corrected chi connectivity index (χ1v) is 8.69. The molecule has 0 aliphatic heterocycles. The molecule has 0 aliphatic carbocycles. The van der Waals surface area contributed by atoms with E-state index < -0.39 is 27.4 Å².